The van der Waals surface area contributed by atoms with E-state index in [1.54, 1.807) is 34.3 Å². The van der Waals surface area contributed by atoms with Crippen LogP contribution in [0.25, 0.3) is 0 Å². The summed E-state index contributed by atoms with van der Waals surface area (Å²) < 4.78 is 9.34. The van der Waals surface area contributed by atoms with Crippen molar-refractivity contribution in [3.8, 4) is 5.75 Å². The summed E-state index contributed by atoms with van der Waals surface area (Å²) in [6, 6.07) is 19.3. The van der Waals surface area contributed by atoms with E-state index in [1.807, 2.05) is 74.5 Å². The summed E-state index contributed by atoms with van der Waals surface area (Å²) in [6.07, 6.45) is 3.13. The van der Waals surface area contributed by atoms with Gasteiger partial charge in [-0.2, -0.15) is 5.10 Å². The lowest BCUT2D eigenvalue weighted by Crippen LogP contribution is -2.51. The molecule has 0 radical (unpaired) electrons. The van der Waals surface area contributed by atoms with E-state index in [2.05, 4.69) is 15.7 Å². The van der Waals surface area contributed by atoms with Gasteiger partial charge in [-0.25, -0.2) is 9.67 Å². The van der Waals surface area contributed by atoms with Gasteiger partial charge in [0.2, 0.25) is 17.2 Å². The molecule has 2 N–H and O–H groups in total. The van der Waals surface area contributed by atoms with Crippen LogP contribution >= 0.6 is 0 Å². The lowest BCUT2D eigenvalue weighted by molar-refractivity contribution is -0.130. The second-order valence-corrected chi connectivity index (χ2v) is 12.6. The molecule has 3 amide bonds. The van der Waals surface area contributed by atoms with Crippen LogP contribution in [0.5, 0.6) is 5.75 Å². The van der Waals surface area contributed by atoms with Crippen molar-refractivity contribution in [2.45, 2.75) is 71.7 Å². The highest BCUT2D eigenvalue weighted by Crippen LogP contribution is 2.22. The monoisotopic (exact) mass is 667 g/mol. The predicted octanol–water partition coefficient (Wildman–Crippen LogP) is 3.73. The highest BCUT2D eigenvalue weighted by molar-refractivity contribution is 5.95. The summed E-state index contributed by atoms with van der Waals surface area (Å²) in [5.74, 6) is -0.0392. The minimum Gasteiger partial charge on any atom is -0.483 e. The van der Waals surface area contributed by atoms with Gasteiger partial charge in [0.1, 0.15) is 24.3 Å². The molecule has 5 rings (SSSR count). The minimum absolute atomic E-state index is 0.0321. The lowest BCUT2D eigenvalue weighted by Gasteiger charge is -2.29. The van der Waals surface area contributed by atoms with Crippen LogP contribution in [0.3, 0.4) is 0 Å². The number of benzene rings is 2. The molecule has 2 aromatic carbocycles. The Hall–Kier alpha value is -5.26. The molecule has 2 aromatic heterocycles. The van der Waals surface area contributed by atoms with Crippen molar-refractivity contribution in [3.05, 3.63) is 112 Å². The molecular weight excluding hydrogens is 622 g/mol. The first-order valence-electron chi connectivity index (χ1n) is 16.8. The highest BCUT2D eigenvalue weighted by atomic mass is 16.5. The van der Waals surface area contributed by atoms with E-state index >= 15 is 0 Å². The zero-order valence-corrected chi connectivity index (χ0v) is 28.6. The van der Waals surface area contributed by atoms with Crippen LogP contribution in [0, 0.1) is 12.8 Å². The summed E-state index contributed by atoms with van der Waals surface area (Å²) in [6.45, 7) is 6.53. The maximum atomic E-state index is 14.4. The summed E-state index contributed by atoms with van der Waals surface area (Å²) in [7, 11) is 1.70. The van der Waals surface area contributed by atoms with Crippen LogP contribution in [0.1, 0.15) is 72.4 Å². The van der Waals surface area contributed by atoms with Crippen molar-refractivity contribution in [1.29, 1.82) is 0 Å². The van der Waals surface area contributed by atoms with Gasteiger partial charge < -0.3 is 24.8 Å². The van der Waals surface area contributed by atoms with Gasteiger partial charge in [0, 0.05) is 38.8 Å². The van der Waals surface area contributed by atoms with Gasteiger partial charge in [0.05, 0.1) is 12.6 Å². The number of hydrogen-bond acceptors (Lipinski definition) is 7. The highest BCUT2D eigenvalue weighted by Gasteiger charge is 2.31. The third-order valence-corrected chi connectivity index (χ3v) is 8.90. The van der Waals surface area contributed by atoms with Crippen molar-refractivity contribution < 1.29 is 19.1 Å². The smallest absolute Gasteiger partial charge is 0.274 e. The molecule has 4 aromatic rings. The second-order valence-electron chi connectivity index (χ2n) is 12.6. The molecule has 49 heavy (non-hydrogen) atoms. The van der Waals surface area contributed by atoms with Crippen LogP contribution in [0.2, 0.25) is 0 Å². The van der Waals surface area contributed by atoms with Gasteiger partial charge in [-0.05, 0) is 36.8 Å². The van der Waals surface area contributed by atoms with Crippen molar-refractivity contribution >= 4 is 17.7 Å². The number of aryl methyl sites for hydroxylation is 2. The average molecular weight is 668 g/mol. The van der Waals surface area contributed by atoms with E-state index in [1.165, 1.54) is 6.07 Å². The van der Waals surface area contributed by atoms with E-state index < -0.39 is 23.4 Å². The number of aromatic nitrogens is 4. The molecule has 0 unspecified atom stereocenters. The van der Waals surface area contributed by atoms with Gasteiger partial charge >= 0.3 is 0 Å². The van der Waals surface area contributed by atoms with E-state index in [4.69, 9.17) is 9.72 Å². The van der Waals surface area contributed by atoms with E-state index in [0.29, 0.717) is 30.9 Å². The number of nitrogens with zero attached hydrogens (tertiary/aromatic N) is 5. The van der Waals surface area contributed by atoms with Crippen LogP contribution in [-0.4, -0.2) is 61.1 Å². The number of hydrogen-bond donors (Lipinski definition) is 2. The summed E-state index contributed by atoms with van der Waals surface area (Å²) in [5, 5.41) is 10.8. The maximum Gasteiger partial charge on any atom is 0.274 e. The molecule has 0 saturated heterocycles. The number of carbonyl (C=O) groups is 3. The van der Waals surface area contributed by atoms with Gasteiger partial charge in [0.25, 0.3) is 5.91 Å². The standard InChI is InChI=1S/C37H45N7O5/c1-5-25(2)32-36(47)39-29(23-27-13-8-6-9-14-27)35-38-26(3)41-44(35)22-21-43(19-12-17-31(46)40-32)37(48)33-34(30(45)18-20-42(33)4)49-24-28-15-10-7-11-16-28/h6-11,13-16,18,20,25,29,32H,5,12,17,19,21-24H2,1-4H3,(H,39,47)(H,40,46)/t25-,29-,32-/m0/s1. The Labute approximate surface area is 286 Å². The Morgan fingerprint density at radius 1 is 0.959 bits per heavy atom. The largest absolute Gasteiger partial charge is 0.483 e. The quantitative estimate of drug-likeness (QED) is 0.292. The number of pyridine rings is 1. The van der Waals surface area contributed by atoms with Crippen molar-refractivity contribution in [2.24, 2.45) is 13.0 Å². The van der Waals surface area contributed by atoms with Gasteiger partial charge in [-0.15, -0.1) is 0 Å². The molecule has 0 fully saturated rings. The molecule has 3 heterocycles. The van der Waals surface area contributed by atoms with Gasteiger partial charge in [-0.3, -0.25) is 19.2 Å². The zero-order chi connectivity index (χ0) is 34.9. The number of carbonyl (C=O) groups excluding carboxylic acids is 3. The molecule has 3 atom stereocenters. The minimum atomic E-state index is -0.753. The number of nitrogens with one attached hydrogen (secondary N) is 2. The van der Waals surface area contributed by atoms with E-state index in [9.17, 15) is 19.2 Å². The number of ether oxygens (including phenoxy) is 1. The summed E-state index contributed by atoms with van der Waals surface area (Å²) in [5.41, 5.74) is 1.58. The van der Waals surface area contributed by atoms with E-state index in [0.717, 1.165) is 11.1 Å². The fourth-order valence-corrected chi connectivity index (χ4v) is 5.99. The van der Waals surface area contributed by atoms with E-state index in [-0.39, 0.29) is 61.8 Å². The van der Waals surface area contributed by atoms with Crippen LogP contribution in [0.15, 0.2) is 77.7 Å². The Morgan fingerprint density at radius 2 is 1.65 bits per heavy atom. The zero-order valence-electron chi connectivity index (χ0n) is 28.6. The van der Waals surface area contributed by atoms with Gasteiger partial charge in [-0.1, -0.05) is 80.9 Å². The third kappa shape index (κ3) is 8.81. The molecule has 0 saturated carbocycles. The first-order chi connectivity index (χ1) is 23.6. The molecular formula is C37H45N7O5. The first-order valence-corrected chi connectivity index (χ1v) is 16.8. The van der Waals surface area contributed by atoms with Crippen LogP contribution < -0.4 is 20.8 Å². The number of rotatable bonds is 8. The normalized spacial score (nSPS) is 18.1. The van der Waals surface area contributed by atoms with Crippen molar-refractivity contribution in [3.63, 3.8) is 0 Å². The second kappa shape index (κ2) is 16.2. The molecule has 0 spiro atoms. The molecule has 12 nitrogen and oxygen atoms in total. The predicted molar refractivity (Wildman–Crippen MR) is 185 cm³/mol. The Balaban J connectivity index is 1.50. The Kier molecular flexibility index (Phi) is 11.6. The maximum absolute atomic E-state index is 14.4. The topological polar surface area (TPSA) is 140 Å². The molecule has 0 bridgehead atoms. The Morgan fingerprint density at radius 3 is 2.35 bits per heavy atom. The number of amides is 3. The molecule has 12 heteroatoms. The first kappa shape index (κ1) is 35.1. The molecule has 1 aliphatic heterocycles. The van der Waals surface area contributed by atoms with Gasteiger partial charge in [0.15, 0.2) is 11.4 Å². The van der Waals surface area contributed by atoms with Crippen molar-refractivity contribution in [2.75, 3.05) is 13.1 Å². The number of fused-ring (bicyclic) bond motifs is 1. The molecule has 0 aliphatic carbocycles. The van der Waals surface area contributed by atoms with Crippen molar-refractivity contribution in [1.82, 2.24) is 34.9 Å². The third-order valence-electron chi connectivity index (χ3n) is 8.90. The van der Waals surface area contributed by atoms with Crippen LogP contribution in [0.4, 0.5) is 0 Å². The summed E-state index contributed by atoms with van der Waals surface area (Å²) >= 11 is 0. The fraction of sp³-hybridized carbons (Fsp3) is 0.405. The SMILES string of the molecule is CC[C@H](C)[C@@H]1NC(=O)CCCN(C(=O)c2c(OCc3ccccc3)c(=O)ccn2C)CCn2nc(C)nc2[C@H](Cc2ccccc2)NC1=O. The molecule has 258 valence electrons. The summed E-state index contributed by atoms with van der Waals surface area (Å²) in [4.78, 5) is 60.9. The molecule has 1 aliphatic rings. The van der Waals surface area contributed by atoms with Crippen LogP contribution in [-0.2, 0) is 36.2 Å². The Bertz CT molecular complexity index is 1800. The average Bonchev–Trinajstić information content (AvgIpc) is 3.48. The fourth-order valence-electron chi connectivity index (χ4n) is 5.99. The lowest BCUT2D eigenvalue weighted by atomic mass is 9.97.